The molecular weight excluding hydrogens is 260 g/mol. The summed E-state index contributed by atoms with van der Waals surface area (Å²) in [6, 6.07) is 6.65. The van der Waals surface area contributed by atoms with Crippen molar-refractivity contribution in [1.82, 2.24) is 4.90 Å². The molecule has 0 amide bonds. The quantitative estimate of drug-likeness (QED) is 0.923. The third-order valence-corrected chi connectivity index (χ3v) is 4.32. The number of anilines is 1. The second-order valence-corrected chi connectivity index (χ2v) is 5.97. The minimum atomic E-state index is -0.513. The normalized spacial score (nSPS) is 18.9. The fraction of sp³-hybridized carbons (Fsp3) is 0.600. The summed E-state index contributed by atoms with van der Waals surface area (Å²) in [5.41, 5.74) is 1.96. The molecule has 3 nitrogen and oxygen atoms in total. The molecule has 0 aliphatic carbocycles. The largest absolute Gasteiger partial charge is 0.389 e. The molecule has 1 atom stereocenters. The monoisotopic (exact) mass is 282 g/mol. The predicted molar refractivity (Wildman–Crippen MR) is 81.0 cm³/mol. The number of aliphatic hydroxyl groups excluding tert-OH is 1. The summed E-state index contributed by atoms with van der Waals surface area (Å²) in [5.74, 6) is 0. The van der Waals surface area contributed by atoms with Crippen LogP contribution in [-0.4, -0.2) is 43.2 Å². The Bertz CT molecular complexity index is 426. The molecule has 1 aromatic rings. The lowest BCUT2D eigenvalue weighted by Crippen LogP contribution is -2.41. The van der Waals surface area contributed by atoms with Gasteiger partial charge in [0.15, 0.2) is 0 Å². The number of benzene rings is 1. The van der Waals surface area contributed by atoms with Crippen molar-refractivity contribution in [2.75, 3.05) is 32.1 Å². The average molecular weight is 283 g/mol. The molecular formula is C15H23ClN2O. The molecule has 0 spiro atoms. The summed E-state index contributed by atoms with van der Waals surface area (Å²) in [6.07, 6.45) is 1.85. The molecule has 0 aromatic heterocycles. The molecule has 1 N–H and O–H groups in total. The number of rotatable bonds is 3. The predicted octanol–water partition coefficient (Wildman–Crippen LogP) is 2.92. The van der Waals surface area contributed by atoms with Crippen molar-refractivity contribution in [2.24, 2.45) is 0 Å². The molecule has 1 heterocycles. The van der Waals surface area contributed by atoms with Gasteiger partial charge in [-0.3, -0.25) is 0 Å². The lowest BCUT2D eigenvalue weighted by molar-refractivity contribution is 0.199. The fourth-order valence-electron chi connectivity index (χ4n) is 2.69. The average Bonchev–Trinajstić information content (AvgIpc) is 2.38. The summed E-state index contributed by atoms with van der Waals surface area (Å²) >= 11 is 6.23. The summed E-state index contributed by atoms with van der Waals surface area (Å²) in [6.45, 7) is 3.86. The van der Waals surface area contributed by atoms with Gasteiger partial charge in [0.25, 0.3) is 0 Å². The van der Waals surface area contributed by atoms with Crippen molar-refractivity contribution in [3.63, 3.8) is 0 Å². The molecule has 0 saturated carbocycles. The third kappa shape index (κ3) is 3.41. The van der Waals surface area contributed by atoms with Crippen molar-refractivity contribution < 1.29 is 5.11 Å². The summed E-state index contributed by atoms with van der Waals surface area (Å²) in [4.78, 5) is 4.68. The first-order valence-electron chi connectivity index (χ1n) is 6.88. The van der Waals surface area contributed by atoms with E-state index in [2.05, 4.69) is 30.0 Å². The molecule has 0 bridgehead atoms. The van der Waals surface area contributed by atoms with E-state index in [1.807, 2.05) is 12.1 Å². The van der Waals surface area contributed by atoms with E-state index in [0.29, 0.717) is 11.1 Å². The lowest BCUT2D eigenvalue weighted by Gasteiger charge is -2.36. The summed E-state index contributed by atoms with van der Waals surface area (Å²) < 4.78 is 0. The van der Waals surface area contributed by atoms with Gasteiger partial charge in [-0.05, 0) is 51.6 Å². The minimum Gasteiger partial charge on any atom is -0.389 e. The maximum absolute atomic E-state index is 9.60. The number of aliphatic hydroxyl groups is 1. The molecule has 1 saturated heterocycles. The van der Waals surface area contributed by atoms with Gasteiger partial charge in [-0.25, -0.2) is 0 Å². The van der Waals surface area contributed by atoms with Crippen LogP contribution in [-0.2, 0) is 0 Å². The van der Waals surface area contributed by atoms with E-state index >= 15 is 0 Å². The van der Waals surface area contributed by atoms with Gasteiger partial charge in [-0.15, -0.1) is 0 Å². The standard InChI is InChI=1S/C15H23ClN2O/c1-11(19)14-5-4-13(10-15(14)16)18-8-6-12(7-9-18)17(2)3/h4-5,10-12,19H,6-9H2,1-3H3. The maximum Gasteiger partial charge on any atom is 0.0776 e. The Kier molecular flexibility index (Phi) is 4.71. The first kappa shape index (κ1) is 14.6. The van der Waals surface area contributed by atoms with Gasteiger partial charge in [-0.2, -0.15) is 0 Å². The smallest absolute Gasteiger partial charge is 0.0776 e. The number of hydrogen-bond acceptors (Lipinski definition) is 3. The van der Waals surface area contributed by atoms with Gasteiger partial charge < -0.3 is 14.9 Å². The zero-order valence-electron chi connectivity index (χ0n) is 11.9. The highest BCUT2D eigenvalue weighted by molar-refractivity contribution is 6.31. The highest BCUT2D eigenvalue weighted by Gasteiger charge is 2.21. The van der Waals surface area contributed by atoms with Crippen molar-refractivity contribution in [3.05, 3.63) is 28.8 Å². The molecule has 1 aliphatic heterocycles. The van der Waals surface area contributed by atoms with E-state index in [9.17, 15) is 5.11 Å². The van der Waals surface area contributed by atoms with Gasteiger partial charge >= 0.3 is 0 Å². The Balaban J connectivity index is 2.06. The van der Waals surface area contributed by atoms with Crippen molar-refractivity contribution in [1.29, 1.82) is 0 Å². The SMILES string of the molecule is CC(O)c1ccc(N2CCC(N(C)C)CC2)cc1Cl. The zero-order valence-corrected chi connectivity index (χ0v) is 12.7. The lowest BCUT2D eigenvalue weighted by atomic mass is 10.0. The topological polar surface area (TPSA) is 26.7 Å². The van der Waals surface area contributed by atoms with E-state index in [1.165, 1.54) is 12.8 Å². The first-order chi connectivity index (χ1) is 8.99. The zero-order chi connectivity index (χ0) is 14.0. The maximum atomic E-state index is 9.60. The third-order valence-electron chi connectivity index (χ3n) is 3.99. The van der Waals surface area contributed by atoms with Crippen LogP contribution in [0.2, 0.25) is 5.02 Å². The highest BCUT2D eigenvalue weighted by atomic mass is 35.5. The van der Waals surface area contributed by atoms with E-state index in [1.54, 1.807) is 6.92 Å². The van der Waals surface area contributed by atoms with Crippen LogP contribution in [0.4, 0.5) is 5.69 Å². The number of hydrogen-bond donors (Lipinski definition) is 1. The molecule has 1 aliphatic rings. The Morgan fingerprint density at radius 1 is 1.32 bits per heavy atom. The second-order valence-electron chi connectivity index (χ2n) is 5.56. The van der Waals surface area contributed by atoms with Gasteiger partial charge in [0, 0.05) is 29.8 Å². The molecule has 2 rings (SSSR count). The van der Waals surface area contributed by atoms with Crippen molar-refractivity contribution >= 4 is 17.3 Å². The van der Waals surface area contributed by atoms with E-state index in [4.69, 9.17) is 11.6 Å². The van der Waals surface area contributed by atoms with E-state index < -0.39 is 6.10 Å². The van der Waals surface area contributed by atoms with Crippen molar-refractivity contribution in [2.45, 2.75) is 31.9 Å². The van der Waals surface area contributed by atoms with Crippen LogP contribution in [0.15, 0.2) is 18.2 Å². The van der Waals surface area contributed by atoms with Crippen LogP contribution in [0.3, 0.4) is 0 Å². The Hall–Kier alpha value is -0.770. The molecule has 4 heteroatoms. The van der Waals surface area contributed by atoms with E-state index in [0.717, 1.165) is 24.3 Å². The highest BCUT2D eigenvalue weighted by Crippen LogP contribution is 2.29. The Morgan fingerprint density at radius 2 is 1.95 bits per heavy atom. The van der Waals surface area contributed by atoms with Crippen molar-refractivity contribution in [3.8, 4) is 0 Å². The van der Waals surface area contributed by atoms with Crippen LogP contribution in [0.25, 0.3) is 0 Å². The Morgan fingerprint density at radius 3 is 2.42 bits per heavy atom. The van der Waals surface area contributed by atoms with Gasteiger partial charge in [0.2, 0.25) is 0 Å². The fourth-order valence-corrected chi connectivity index (χ4v) is 3.02. The number of nitrogens with zero attached hydrogens (tertiary/aromatic N) is 2. The van der Waals surface area contributed by atoms with Crippen LogP contribution in [0.5, 0.6) is 0 Å². The molecule has 106 valence electrons. The van der Waals surface area contributed by atoms with Gasteiger partial charge in [0.1, 0.15) is 0 Å². The molecule has 19 heavy (non-hydrogen) atoms. The van der Waals surface area contributed by atoms with Crippen LogP contribution in [0, 0.1) is 0 Å². The van der Waals surface area contributed by atoms with Gasteiger partial charge in [-0.1, -0.05) is 17.7 Å². The Labute approximate surface area is 120 Å². The molecule has 1 unspecified atom stereocenters. The molecule has 0 radical (unpaired) electrons. The first-order valence-corrected chi connectivity index (χ1v) is 7.25. The molecule has 1 fully saturated rings. The summed E-state index contributed by atoms with van der Waals surface area (Å²) in [7, 11) is 4.29. The molecule has 1 aromatic carbocycles. The van der Waals surface area contributed by atoms with E-state index in [-0.39, 0.29) is 0 Å². The number of piperidine rings is 1. The van der Waals surface area contributed by atoms with Gasteiger partial charge in [0.05, 0.1) is 6.10 Å². The summed E-state index contributed by atoms with van der Waals surface area (Å²) in [5, 5.41) is 10.3. The van der Waals surface area contributed by atoms with Crippen LogP contribution >= 0.6 is 11.6 Å². The second kappa shape index (κ2) is 6.12. The minimum absolute atomic E-state index is 0.513. The van der Waals surface area contributed by atoms with Crippen LogP contribution < -0.4 is 4.90 Å². The number of halogens is 1. The van der Waals surface area contributed by atoms with Crippen LogP contribution in [0.1, 0.15) is 31.4 Å².